The maximum Gasteiger partial charge on any atom is 0.238 e. The predicted octanol–water partition coefficient (Wildman–Crippen LogP) is 2.43. The van der Waals surface area contributed by atoms with Crippen LogP contribution in [0.3, 0.4) is 0 Å². The second kappa shape index (κ2) is 6.07. The maximum absolute atomic E-state index is 13.6. The lowest BCUT2D eigenvalue weighted by atomic mass is 10.1. The Bertz CT molecular complexity index is 883. The first-order valence-corrected chi connectivity index (χ1v) is 9.09. The number of rotatable bonds is 4. The molecule has 0 fully saturated rings. The first-order chi connectivity index (χ1) is 11.3. The topological polar surface area (TPSA) is 72.6 Å². The zero-order valence-corrected chi connectivity index (χ0v) is 14.3. The Kier molecular flexibility index (Phi) is 4.23. The first kappa shape index (κ1) is 16.7. The molecular formula is C17H19FN2O3S. The molecule has 0 saturated heterocycles. The van der Waals surface area contributed by atoms with Gasteiger partial charge < -0.3 is 9.64 Å². The highest BCUT2D eigenvalue weighted by atomic mass is 32.2. The van der Waals surface area contributed by atoms with Gasteiger partial charge in [-0.2, -0.15) is 0 Å². The third-order valence-electron chi connectivity index (χ3n) is 4.32. The number of hydrogen-bond donors (Lipinski definition) is 1. The SMILES string of the molecule is COc1ccc(F)cc1CN1c2ccc(S(N)(=O)=O)cc2C[C@@H]1C. The normalized spacial score (nSPS) is 17.0. The van der Waals surface area contributed by atoms with Crippen LogP contribution in [-0.4, -0.2) is 21.6 Å². The van der Waals surface area contributed by atoms with Gasteiger partial charge in [0.05, 0.1) is 12.0 Å². The smallest absolute Gasteiger partial charge is 0.238 e. The summed E-state index contributed by atoms with van der Waals surface area (Å²) < 4.78 is 41.9. The molecule has 3 rings (SSSR count). The van der Waals surface area contributed by atoms with Gasteiger partial charge in [0.2, 0.25) is 10.0 Å². The Hall–Kier alpha value is -2.12. The highest BCUT2D eigenvalue weighted by Crippen LogP contribution is 2.36. The number of fused-ring (bicyclic) bond motifs is 1. The van der Waals surface area contributed by atoms with E-state index in [9.17, 15) is 12.8 Å². The van der Waals surface area contributed by atoms with E-state index in [0.717, 1.165) is 16.8 Å². The first-order valence-electron chi connectivity index (χ1n) is 7.54. The molecule has 1 heterocycles. The van der Waals surface area contributed by atoms with E-state index in [-0.39, 0.29) is 16.8 Å². The van der Waals surface area contributed by atoms with Crippen LogP contribution in [0.2, 0.25) is 0 Å². The van der Waals surface area contributed by atoms with Gasteiger partial charge in [-0.05, 0) is 55.3 Å². The fourth-order valence-electron chi connectivity index (χ4n) is 3.14. The Morgan fingerprint density at radius 2 is 2.04 bits per heavy atom. The van der Waals surface area contributed by atoms with E-state index in [1.165, 1.54) is 18.2 Å². The predicted molar refractivity (Wildman–Crippen MR) is 90.1 cm³/mol. The van der Waals surface area contributed by atoms with E-state index < -0.39 is 10.0 Å². The summed E-state index contributed by atoms with van der Waals surface area (Å²) in [6, 6.07) is 9.46. The zero-order chi connectivity index (χ0) is 17.5. The molecule has 1 aliphatic rings. The number of methoxy groups -OCH3 is 1. The summed E-state index contributed by atoms with van der Waals surface area (Å²) in [6.45, 7) is 2.52. The molecule has 2 N–H and O–H groups in total. The summed E-state index contributed by atoms with van der Waals surface area (Å²) in [4.78, 5) is 2.22. The molecule has 7 heteroatoms. The monoisotopic (exact) mass is 350 g/mol. The van der Waals surface area contributed by atoms with Crippen molar-refractivity contribution in [1.29, 1.82) is 0 Å². The Morgan fingerprint density at radius 3 is 2.71 bits per heavy atom. The van der Waals surface area contributed by atoms with Crippen LogP contribution in [0.4, 0.5) is 10.1 Å². The van der Waals surface area contributed by atoms with E-state index in [0.29, 0.717) is 18.7 Å². The molecule has 2 aromatic rings. The lowest BCUT2D eigenvalue weighted by Crippen LogP contribution is -2.28. The molecule has 1 atom stereocenters. The number of ether oxygens (including phenoxy) is 1. The van der Waals surface area contributed by atoms with Gasteiger partial charge in [0.15, 0.2) is 0 Å². The lowest BCUT2D eigenvalue weighted by Gasteiger charge is -2.26. The van der Waals surface area contributed by atoms with E-state index in [1.807, 2.05) is 6.92 Å². The van der Waals surface area contributed by atoms with E-state index in [2.05, 4.69) is 4.90 Å². The van der Waals surface area contributed by atoms with Crippen LogP contribution in [0.25, 0.3) is 0 Å². The van der Waals surface area contributed by atoms with Crippen molar-refractivity contribution in [2.24, 2.45) is 5.14 Å². The summed E-state index contributed by atoms with van der Waals surface area (Å²) in [5.41, 5.74) is 2.60. The minimum atomic E-state index is -3.72. The Balaban J connectivity index is 1.96. The minimum absolute atomic E-state index is 0.110. The summed E-state index contributed by atoms with van der Waals surface area (Å²) in [5.74, 6) is 0.306. The minimum Gasteiger partial charge on any atom is -0.496 e. The molecule has 0 radical (unpaired) electrons. The molecule has 0 amide bonds. The average Bonchev–Trinajstić information content (AvgIpc) is 2.82. The molecule has 0 aromatic heterocycles. The third-order valence-corrected chi connectivity index (χ3v) is 5.23. The fourth-order valence-corrected chi connectivity index (χ4v) is 3.71. The van der Waals surface area contributed by atoms with Crippen molar-refractivity contribution in [3.8, 4) is 5.75 Å². The summed E-state index contributed by atoms with van der Waals surface area (Å²) >= 11 is 0. The molecule has 1 aliphatic heterocycles. The number of nitrogens with two attached hydrogens (primary N) is 1. The molecule has 0 aliphatic carbocycles. The number of hydrogen-bond acceptors (Lipinski definition) is 4. The average molecular weight is 350 g/mol. The van der Waals surface area contributed by atoms with Gasteiger partial charge in [-0.1, -0.05) is 0 Å². The number of nitrogens with zero attached hydrogens (tertiary/aromatic N) is 1. The van der Waals surface area contributed by atoms with Crippen molar-refractivity contribution in [1.82, 2.24) is 0 Å². The molecule has 0 spiro atoms. The van der Waals surface area contributed by atoms with Crippen LogP contribution in [0.1, 0.15) is 18.1 Å². The maximum atomic E-state index is 13.6. The van der Waals surface area contributed by atoms with Gasteiger partial charge >= 0.3 is 0 Å². The fraction of sp³-hybridized carbons (Fsp3) is 0.294. The van der Waals surface area contributed by atoms with Crippen molar-refractivity contribution in [3.05, 3.63) is 53.3 Å². The summed E-state index contributed by atoms with van der Waals surface area (Å²) in [5, 5.41) is 5.20. The molecule has 5 nitrogen and oxygen atoms in total. The van der Waals surface area contributed by atoms with Gasteiger partial charge in [0.25, 0.3) is 0 Å². The molecule has 0 saturated carbocycles. The summed E-state index contributed by atoms with van der Waals surface area (Å²) in [6.07, 6.45) is 0.705. The van der Waals surface area contributed by atoms with E-state index in [4.69, 9.17) is 9.88 Å². The van der Waals surface area contributed by atoms with Crippen molar-refractivity contribution < 1.29 is 17.5 Å². The molecule has 2 aromatic carbocycles. The third kappa shape index (κ3) is 3.09. The highest BCUT2D eigenvalue weighted by Gasteiger charge is 2.28. The van der Waals surface area contributed by atoms with Gasteiger partial charge in [-0.3, -0.25) is 0 Å². The van der Waals surface area contributed by atoms with Crippen LogP contribution in [0.15, 0.2) is 41.3 Å². The van der Waals surface area contributed by atoms with Crippen molar-refractivity contribution in [2.45, 2.75) is 30.8 Å². The van der Waals surface area contributed by atoms with Gasteiger partial charge in [0, 0.05) is 23.8 Å². The summed E-state index contributed by atoms with van der Waals surface area (Å²) in [7, 11) is -2.17. The van der Waals surface area contributed by atoms with Crippen LogP contribution in [-0.2, 0) is 23.0 Å². The number of primary sulfonamides is 1. The van der Waals surface area contributed by atoms with Crippen LogP contribution >= 0.6 is 0 Å². The second-order valence-corrected chi connectivity index (χ2v) is 7.53. The highest BCUT2D eigenvalue weighted by molar-refractivity contribution is 7.89. The molecule has 128 valence electrons. The van der Waals surface area contributed by atoms with Crippen molar-refractivity contribution >= 4 is 15.7 Å². The molecule has 0 bridgehead atoms. The van der Waals surface area contributed by atoms with Crippen LogP contribution < -0.4 is 14.8 Å². The van der Waals surface area contributed by atoms with Crippen molar-refractivity contribution in [2.75, 3.05) is 12.0 Å². The number of halogens is 1. The number of sulfonamides is 1. The largest absolute Gasteiger partial charge is 0.496 e. The van der Waals surface area contributed by atoms with Crippen LogP contribution in [0.5, 0.6) is 5.75 Å². The Labute approximate surface area is 140 Å². The van der Waals surface area contributed by atoms with Crippen molar-refractivity contribution in [3.63, 3.8) is 0 Å². The van der Waals surface area contributed by atoms with Crippen LogP contribution in [0, 0.1) is 5.82 Å². The standard InChI is InChI=1S/C17H19FN2O3S/c1-11-7-12-9-15(24(19,21)22)4-5-16(12)20(11)10-13-8-14(18)3-6-17(13)23-2/h3-6,8-9,11H,7,10H2,1-2H3,(H2,19,21,22)/t11-/m0/s1. The Morgan fingerprint density at radius 1 is 1.29 bits per heavy atom. The number of benzene rings is 2. The molecule has 24 heavy (non-hydrogen) atoms. The lowest BCUT2D eigenvalue weighted by molar-refractivity contribution is 0.407. The molecular weight excluding hydrogens is 331 g/mol. The zero-order valence-electron chi connectivity index (χ0n) is 13.5. The van der Waals surface area contributed by atoms with Gasteiger partial charge in [0.1, 0.15) is 11.6 Å². The van der Waals surface area contributed by atoms with E-state index >= 15 is 0 Å². The van der Waals surface area contributed by atoms with Gasteiger partial charge in [-0.15, -0.1) is 0 Å². The van der Waals surface area contributed by atoms with Gasteiger partial charge in [-0.25, -0.2) is 17.9 Å². The quantitative estimate of drug-likeness (QED) is 0.919. The number of anilines is 1. The second-order valence-electron chi connectivity index (χ2n) is 5.97. The molecule has 0 unspecified atom stereocenters. The van der Waals surface area contributed by atoms with E-state index in [1.54, 1.807) is 25.3 Å².